The molecule has 1 aliphatic carbocycles. The number of carbonyl (C=O) groups is 1. The van der Waals surface area contributed by atoms with E-state index in [4.69, 9.17) is 0 Å². The number of rotatable bonds is 4. The van der Waals surface area contributed by atoms with Gasteiger partial charge in [0, 0.05) is 25.0 Å². The summed E-state index contributed by atoms with van der Waals surface area (Å²) in [6.45, 7) is 4.73. The van der Waals surface area contributed by atoms with Crippen LogP contribution in [-0.4, -0.2) is 37.8 Å². The third-order valence-corrected chi connectivity index (χ3v) is 7.78. The van der Waals surface area contributed by atoms with Crippen LogP contribution in [0.25, 0.3) is 0 Å². The molecule has 1 heterocycles. The van der Waals surface area contributed by atoms with Crippen molar-refractivity contribution in [2.45, 2.75) is 69.7 Å². The zero-order valence-corrected chi connectivity index (χ0v) is 16.6. The zero-order valence-electron chi connectivity index (χ0n) is 15.8. The van der Waals surface area contributed by atoms with Gasteiger partial charge in [0.1, 0.15) is 0 Å². The van der Waals surface area contributed by atoms with Crippen LogP contribution in [0.3, 0.4) is 0 Å². The highest BCUT2D eigenvalue weighted by atomic mass is 32.2. The molecule has 1 saturated heterocycles. The second-order valence-electron chi connectivity index (χ2n) is 7.79. The van der Waals surface area contributed by atoms with Crippen molar-refractivity contribution in [3.63, 3.8) is 0 Å². The SMILES string of the molecule is Cc1ccc(S(=O)(=O)N2CCC(NC(=O)C3CCCCC3)CC2)c(C)c1. The number of carbonyl (C=O) groups excluding carboxylic acids is 1. The van der Waals surface area contributed by atoms with E-state index in [1.807, 2.05) is 26.0 Å². The van der Waals surface area contributed by atoms with E-state index < -0.39 is 10.0 Å². The summed E-state index contributed by atoms with van der Waals surface area (Å²) in [5.74, 6) is 0.320. The molecule has 1 aromatic carbocycles. The normalized spacial score (nSPS) is 20.8. The van der Waals surface area contributed by atoms with Gasteiger partial charge in [-0.15, -0.1) is 0 Å². The number of hydrogen-bond acceptors (Lipinski definition) is 3. The molecular weight excluding hydrogens is 348 g/mol. The van der Waals surface area contributed by atoms with Crippen LogP contribution in [-0.2, 0) is 14.8 Å². The van der Waals surface area contributed by atoms with Gasteiger partial charge < -0.3 is 5.32 Å². The Morgan fingerprint density at radius 3 is 2.31 bits per heavy atom. The minimum Gasteiger partial charge on any atom is -0.353 e. The molecule has 1 amide bonds. The molecule has 1 aliphatic heterocycles. The zero-order chi connectivity index (χ0) is 18.7. The number of amides is 1. The first-order chi connectivity index (χ1) is 12.4. The molecule has 1 aromatic rings. The Kier molecular flexibility index (Phi) is 6.03. The minimum atomic E-state index is -3.46. The summed E-state index contributed by atoms with van der Waals surface area (Å²) in [4.78, 5) is 12.8. The van der Waals surface area contributed by atoms with Crippen LogP contribution >= 0.6 is 0 Å². The highest BCUT2D eigenvalue weighted by Crippen LogP contribution is 2.26. The van der Waals surface area contributed by atoms with Crippen molar-refractivity contribution < 1.29 is 13.2 Å². The van der Waals surface area contributed by atoms with E-state index in [0.29, 0.717) is 30.8 Å². The van der Waals surface area contributed by atoms with Gasteiger partial charge in [0.15, 0.2) is 0 Å². The molecule has 3 rings (SSSR count). The van der Waals surface area contributed by atoms with Crippen LogP contribution in [0, 0.1) is 19.8 Å². The second kappa shape index (κ2) is 8.09. The van der Waals surface area contributed by atoms with Gasteiger partial charge in [0.05, 0.1) is 4.90 Å². The smallest absolute Gasteiger partial charge is 0.243 e. The maximum atomic E-state index is 12.9. The topological polar surface area (TPSA) is 66.5 Å². The van der Waals surface area contributed by atoms with Crippen LogP contribution in [0.4, 0.5) is 0 Å². The average molecular weight is 379 g/mol. The Balaban J connectivity index is 1.58. The third kappa shape index (κ3) is 4.29. The molecule has 0 unspecified atom stereocenters. The summed E-state index contributed by atoms with van der Waals surface area (Å²) in [7, 11) is -3.46. The summed E-state index contributed by atoms with van der Waals surface area (Å²) in [6, 6.07) is 5.55. The lowest BCUT2D eigenvalue weighted by Crippen LogP contribution is -2.48. The van der Waals surface area contributed by atoms with Crippen LogP contribution in [0.1, 0.15) is 56.1 Å². The lowest BCUT2D eigenvalue weighted by molar-refractivity contribution is -0.126. The minimum absolute atomic E-state index is 0.0926. The van der Waals surface area contributed by atoms with Crippen molar-refractivity contribution in [3.8, 4) is 0 Å². The molecule has 2 aliphatic rings. The van der Waals surface area contributed by atoms with E-state index in [1.54, 1.807) is 10.4 Å². The number of aryl methyl sites for hydroxylation is 2. The Morgan fingerprint density at radius 1 is 1.04 bits per heavy atom. The Bertz CT molecular complexity index is 746. The van der Waals surface area contributed by atoms with Gasteiger partial charge >= 0.3 is 0 Å². The molecule has 1 saturated carbocycles. The Labute approximate surface area is 157 Å². The monoisotopic (exact) mass is 378 g/mol. The summed E-state index contributed by atoms with van der Waals surface area (Å²) >= 11 is 0. The maximum absolute atomic E-state index is 12.9. The fourth-order valence-corrected chi connectivity index (χ4v) is 5.83. The van der Waals surface area contributed by atoms with Crippen LogP contribution in [0.5, 0.6) is 0 Å². The number of benzene rings is 1. The van der Waals surface area contributed by atoms with E-state index >= 15 is 0 Å². The van der Waals surface area contributed by atoms with Crippen LogP contribution in [0.15, 0.2) is 23.1 Å². The summed E-state index contributed by atoms with van der Waals surface area (Å²) in [5, 5.41) is 3.16. The first kappa shape index (κ1) is 19.4. The van der Waals surface area contributed by atoms with Crippen molar-refractivity contribution in [1.29, 1.82) is 0 Å². The predicted molar refractivity (Wildman–Crippen MR) is 102 cm³/mol. The van der Waals surface area contributed by atoms with Gasteiger partial charge in [0.2, 0.25) is 15.9 Å². The van der Waals surface area contributed by atoms with E-state index in [1.165, 1.54) is 6.42 Å². The molecule has 2 fully saturated rings. The largest absolute Gasteiger partial charge is 0.353 e. The number of sulfonamides is 1. The third-order valence-electron chi connectivity index (χ3n) is 5.72. The van der Waals surface area contributed by atoms with Gasteiger partial charge in [0.25, 0.3) is 0 Å². The van der Waals surface area contributed by atoms with Gasteiger partial charge in [-0.3, -0.25) is 4.79 Å². The predicted octanol–water partition coefficient (Wildman–Crippen LogP) is 3.15. The van der Waals surface area contributed by atoms with Gasteiger partial charge in [-0.1, -0.05) is 37.0 Å². The van der Waals surface area contributed by atoms with Crippen molar-refractivity contribution in [3.05, 3.63) is 29.3 Å². The molecule has 0 spiro atoms. The standard InChI is InChI=1S/C20H30N2O3S/c1-15-8-9-19(16(2)14-15)26(24,25)22-12-10-18(11-13-22)21-20(23)17-6-4-3-5-7-17/h8-9,14,17-18H,3-7,10-13H2,1-2H3,(H,21,23). The lowest BCUT2D eigenvalue weighted by Gasteiger charge is -2.33. The molecule has 1 N–H and O–H groups in total. The number of hydrogen-bond donors (Lipinski definition) is 1. The van der Waals surface area contributed by atoms with Crippen LogP contribution < -0.4 is 5.32 Å². The fourth-order valence-electron chi connectivity index (χ4n) is 4.15. The molecule has 144 valence electrons. The van der Waals surface area contributed by atoms with E-state index in [2.05, 4.69) is 5.32 Å². The van der Waals surface area contributed by atoms with Crippen molar-refractivity contribution in [2.75, 3.05) is 13.1 Å². The molecular formula is C20H30N2O3S. The summed E-state index contributed by atoms with van der Waals surface area (Å²) in [5.41, 5.74) is 1.85. The highest BCUT2D eigenvalue weighted by Gasteiger charge is 2.32. The van der Waals surface area contributed by atoms with E-state index in [0.717, 1.165) is 36.8 Å². The van der Waals surface area contributed by atoms with Gasteiger partial charge in [-0.05, 0) is 51.2 Å². The Hall–Kier alpha value is -1.40. The molecule has 0 bridgehead atoms. The molecule has 0 aromatic heterocycles. The number of nitrogens with one attached hydrogen (secondary N) is 1. The maximum Gasteiger partial charge on any atom is 0.243 e. The Morgan fingerprint density at radius 2 is 1.69 bits per heavy atom. The van der Waals surface area contributed by atoms with Gasteiger partial charge in [-0.2, -0.15) is 4.31 Å². The summed E-state index contributed by atoms with van der Waals surface area (Å²) in [6.07, 6.45) is 6.87. The average Bonchev–Trinajstić information content (AvgIpc) is 2.62. The van der Waals surface area contributed by atoms with E-state index in [9.17, 15) is 13.2 Å². The van der Waals surface area contributed by atoms with Gasteiger partial charge in [-0.25, -0.2) is 8.42 Å². The number of nitrogens with zero attached hydrogens (tertiary/aromatic N) is 1. The van der Waals surface area contributed by atoms with Crippen molar-refractivity contribution in [2.24, 2.45) is 5.92 Å². The lowest BCUT2D eigenvalue weighted by atomic mass is 9.88. The summed E-state index contributed by atoms with van der Waals surface area (Å²) < 4.78 is 27.4. The molecule has 0 radical (unpaired) electrons. The number of piperidine rings is 1. The molecule has 5 nitrogen and oxygen atoms in total. The van der Waals surface area contributed by atoms with E-state index in [-0.39, 0.29) is 17.9 Å². The van der Waals surface area contributed by atoms with Crippen LogP contribution in [0.2, 0.25) is 0 Å². The first-order valence-electron chi connectivity index (χ1n) is 9.75. The quantitative estimate of drug-likeness (QED) is 0.875. The first-order valence-corrected chi connectivity index (χ1v) is 11.2. The molecule has 6 heteroatoms. The van der Waals surface area contributed by atoms with Crippen molar-refractivity contribution >= 4 is 15.9 Å². The fraction of sp³-hybridized carbons (Fsp3) is 0.650. The van der Waals surface area contributed by atoms with Crippen molar-refractivity contribution in [1.82, 2.24) is 9.62 Å². The molecule has 0 atom stereocenters. The molecule has 26 heavy (non-hydrogen) atoms. The highest BCUT2D eigenvalue weighted by molar-refractivity contribution is 7.89. The second-order valence-corrected chi connectivity index (χ2v) is 9.70.